The Kier molecular flexibility index (Phi) is 49.1. The number of aliphatic hydroxyl groups excluding tert-OH is 3. The second-order valence-electron chi connectivity index (χ2n) is 17.5. The summed E-state index contributed by atoms with van der Waals surface area (Å²) in [4.78, 5) is 43.9. The van der Waals surface area contributed by atoms with Gasteiger partial charge in [-0.15, -0.1) is 0 Å². The molecule has 0 aliphatic rings. The Morgan fingerprint density at radius 3 is 0.959 bits per heavy atom. The van der Waals surface area contributed by atoms with Crippen LogP contribution in [0.5, 0.6) is 0 Å². The highest BCUT2D eigenvalue weighted by molar-refractivity contribution is 7.47. The first-order valence-corrected chi connectivity index (χ1v) is 29.9. The van der Waals surface area contributed by atoms with Crippen molar-refractivity contribution in [3.8, 4) is 0 Å². The van der Waals surface area contributed by atoms with Gasteiger partial charge in [0, 0.05) is 12.8 Å². The molecule has 5 unspecified atom stereocenters. The third kappa shape index (κ3) is 53.3. The van der Waals surface area contributed by atoms with Gasteiger partial charge < -0.3 is 34.6 Å². The molecule has 0 fully saturated rings. The van der Waals surface area contributed by atoms with Crippen molar-refractivity contribution in [3.63, 3.8) is 0 Å². The summed E-state index contributed by atoms with van der Waals surface area (Å²) < 4.78 is 53.1. The average molecular weight is 1080 g/mol. The van der Waals surface area contributed by atoms with Crippen LogP contribution in [-0.4, -0.2) is 95.0 Å². The fourth-order valence-corrected chi connectivity index (χ4v) is 7.85. The predicted octanol–water partition coefficient (Wildman–Crippen LogP) is 13.4. The standard InChI is InChI=1S/C57H94O15P2/c1-3-5-7-9-11-13-15-17-19-21-23-25-27-29-31-33-35-37-39-41-43-45-56(61)67-47-53(58)49-69-73(63,64)71-51-55(60)52-72-74(65,66)70-50-54(59)48-68-57(62)46-44-42-40-38-36-34-32-30-28-26-24-22-20-18-16-14-12-10-8-6-4-2/h5,7,11-14,17-20,23-26,29-32,35,37,53-55,58-60H,3-4,6,8-10,15-16,21-22,27-28,33-34,36,38-52H2,1-2H3,(H,63,64)(H,65,66)/b7-5-,13-11-,14-12-,19-17-,20-18-,25-23-,26-24-,31-29-,32-30-,37-35-. The highest BCUT2D eigenvalue weighted by Crippen LogP contribution is 2.45. The van der Waals surface area contributed by atoms with Crippen molar-refractivity contribution in [2.45, 2.75) is 186 Å². The van der Waals surface area contributed by atoms with Gasteiger partial charge in [0.05, 0.1) is 26.4 Å². The van der Waals surface area contributed by atoms with Crippen molar-refractivity contribution in [3.05, 3.63) is 122 Å². The predicted molar refractivity (Wildman–Crippen MR) is 297 cm³/mol. The highest BCUT2D eigenvalue weighted by atomic mass is 31.2. The lowest BCUT2D eigenvalue weighted by Gasteiger charge is -2.19. The van der Waals surface area contributed by atoms with E-state index >= 15 is 0 Å². The lowest BCUT2D eigenvalue weighted by atomic mass is 10.1. The molecule has 0 amide bonds. The molecule has 0 aromatic carbocycles. The third-order valence-electron chi connectivity index (χ3n) is 10.4. The summed E-state index contributed by atoms with van der Waals surface area (Å²) in [5, 5.41) is 30.1. The molecular formula is C57H94O15P2. The molecule has 0 aromatic heterocycles. The molecule has 5 atom stereocenters. The number of hydrogen-bond acceptors (Lipinski definition) is 13. The molecule has 0 aliphatic heterocycles. The number of allylic oxidation sites excluding steroid dienone is 20. The second-order valence-corrected chi connectivity index (χ2v) is 20.4. The maximum absolute atomic E-state index is 12.2. The molecule has 0 spiro atoms. The van der Waals surface area contributed by atoms with Gasteiger partial charge in [0.2, 0.25) is 0 Å². The lowest BCUT2D eigenvalue weighted by Crippen LogP contribution is -2.25. The summed E-state index contributed by atoms with van der Waals surface area (Å²) in [6.45, 7) is 0.184. The van der Waals surface area contributed by atoms with Crippen LogP contribution < -0.4 is 0 Å². The molecule has 17 heteroatoms. The number of hydrogen-bond donors (Lipinski definition) is 5. The van der Waals surface area contributed by atoms with Crippen LogP contribution >= 0.6 is 15.6 Å². The first kappa shape index (κ1) is 70.4. The van der Waals surface area contributed by atoms with Crippen molar-refractivity contribution in [1.29, 1.82) is 0 Å². The van der Waals surface area contributed by atoms with Gasteiger partial charge in [0.15, 0.2) is 0 Å². The maximum Gasteiger partial charge on any atom is 0.472 e. The van der Waals surface area contributed by atoms with Crippen LogP contribution in [-0.2, 0) is 46.3 Å². The van der Waals surface area contributed by atoms with Gasteiger partial charge in [-0.3, -0.25) is 27.7 Å². The largest absolute Gasteiger partial charge is 0.472 e. The maximum atomic E-state index is 12.2. The number of aliphatic hydroxyl groups is 3. The number of esters is 2. The third-order valence-corrected chi connectivity index (χ3v) is 12.3. The van der Waals surface area contributed by atoms with Crippen LogP contribution in [0, 0.1) is 0 Å². The first-order chi connectivity index (χ1) is 35.8. The van der Waals surface area contributed by atoms with E-state index in [1.165, 1.54) is 25.7 Å². The van der Waals surface area contributed by atoms with E-state index < -0.39 is 85.5 Å². The van der Waals surface area contributed by atoms with E-state index in [2.05, 4.69) is 149 Å². The molecule has 15 nitrogen and oxygen atoms in total. The van der Waals surface area contributed by atoms with Crippen LogP contribution in [0.4, 0.5) is 0 Å². The minimum absolute atomic E-state index is 0.134. The SMILES string of the molecule is CC/C=C\C/C=C\C/C=C\C/C=C\C/C=C\C/C=C\CCCCC(=O)OCC(O)COP(=O)(O)OCC(O)COP(=O)(O)OCC(O)COC(=O)CCCCCCC/C=C\C/C=C\C/C=C\C/C=C\CCCCC. The number of unbranched alkanes of at least 4 members (excludes halogenated alkanes) is 10. The number of phosphoric acid groups is 2. The summed E-state index contributed by atoms with van der Waals surface area (Å²) in [6, 6.07) is 0. The zero-order valence-electron chi connectivity index (χ0n) is 44.7. The minimum Gasteiger partial charge on any atom is -0.463 e. The summed E-state index contributed by atoms with van der Waals surface area (Å²) in [7, 11) is -9.62. The molecule has 5 N–H and O–H groups in total. The van der Waals surface area contributed by atoms with Crippen LogP contribution in [0.2, 0.25) is 0 Å². The fraction of sp³-hybridized carbons (Fsp3) is 0.614. The van der Waals surface area contributed by atoms with E-state index in [0.29, 0.717) is 12.8 Å². The van der Waals surface area contributed by atoms with Crippen LogP contribution in [0.3, 0.4) is 0 Å². The molecule has 0 bridgehead atoms. The van der Waals surface area contributed by atoms with Gasteiger partial charge in [-0.1, -0.05) is 167 Å². The Labute approximate surface area is 444 Å². The van der Waals surface area contributed by atoms with Crippen molar-refractivity contribution >= 4 is 27.6 Å². The summed E-state index contributed by atoms with van der Waals surface area (Å²) >= 11 is 0. The van der Waals surface area contributed by atoms with E-state index in [-0.39, 0.29) is 12.8 Å². The zero-order valence-corrected chi connectivity index (χ0v) is 46.5. The van der Waals surface area contributed by atoms with Crippen molar-refractivity contribution in [2.24, 2.45) is 0 Å². The Bertz CT molecular complexity index is 1780. The Morgan fingerprint density at radius 2 is 0.622 bits per heavy atom. The molecule has 422 valence electrons. The Balaban J connectivity index is 3.95. The molecule has 0 radical (unpaired) electrons. The van der Waals surface area contributed by atoms with Gasteiger partial charge in [0.25, 0.3) is 0 Å². The van der Waals surface area contributed by atoms with Crippen molar-refractivity contribution in [2.75, 3.05) is 39.6 Å². The van der Waals surface area contributed by atoms with Gasteiger partial charge in [-0.05, 0) is 109 Å². The highest BCUT2D eigenvalue weighted by Gasteiger charge is 2.28. The number of carbonyl (C=O) groups excluding carboxylic acids is 2. The Hall–Kier alpha value is -3.56. The summed E-state index contributed by atoms with van der Waals surface area (Å²) in [5.74, 6) is -1.06. The molecule has 0 saturated carbocycles. The Morgan fingerprint density at radius 1 is 0.365 bits per heavy atom. The molecule has 0 rings (SSSR count). The monoisotopic (exact) mass is 1080 g/mol. The lowest BCUT2D eigenvalue weighted by molar-refractivity contribution is -0.148. The molecule has 0 saturated heterocycles. The fourth-order valence-electron chi connectivity index (χ4n) is 6.26. The van der Waals surface area contributed by atoms with E-state index in [1.54, 1.807) is 0 Å². The molecule has 0 aromatic rings. The summed E-state index contributed by atoms with van der Waals surface area (Å²) in [6.07, 6.45) is 60.3. The first-order valence-electron chi connectivity index (χ1n) is 26.9. The van der Waals surface area contributed by atoms with Gasteiger partial charge in [-0.2, -0.15) is 0 Å². The smallest absolute Gasteiger partial charge is 0.463 e. The molecule has 0 heterocycles. The van der Waals surface area contributed by atoms with Gasteiger partial charge in [0.1, 0.15) is 31.5 Å². The minimum atomic E-state index is -4.81. The van der Waals surface area contributed by atoms with Gasteiger partial charge in [-0.25, -0.2) is 9.13 Å². The normalized spacial score (nSPS) is 15.7. The summed E-state index contributed by atoms with van der Waals surface area (Å²) in [5.41, 5.74) is 0. The number of carbonyl (C=O) groups is 2. The quantitative estimate of drug-likeness (QED) is 0.0165. The van der Waals surface area contributed by atoms with Crippen molar-refractivity contribution < 1.29 is 71.4 Å². The zero-order chi connectivity index (χ0) is 54.5. The second kappa shape index (κ2) is 51.5. The van der Waals surface area contributed by atoms with Crippen LogP contribution in [0.15, 0.2) is 122 Å². The molecule has 0 aliphatic carbocycles. The average Bonchev–Trinajstić information content (AvgIpc) is 3.38. The number of phosphoric ester groups is 2. The van der Waals surface area contributed by atoms with Gasteiger partial charge >= 0.3 is 27.6 Å². The topological polar surface area (TPSA) is 225 Å². The van der Waals surface area contributed by atoms with E-state index in [0.717, 1.165) is 103 Å². The number of rotatable bonds is 50. The van der Waals surface area contributed by atoms with E-state index in [1.807, 2.05) is 0 Å². The molecule has 74 heavy (non-hydrogen) atoms. The van der Waals surface area contributed by atoms with E-state index in [9.17, 15) is 43.8 Å². The number of ether oxygens (including phenoxy) is 2. The van der Waals surface area contributed by atoms with E-state index in [4.69, 9.17) is 14.0 Å². The van der Waals surface area contributed by atoms with Crippen LogP contribution in [0.1, 0.15) is 168 Å². The van der Waals surface area contributed by atoms with Crippen molar-refractivity contribution in [1.82, 2.24) is 0 Å². The van der Waals surface area contributed by atoms with Crippen LogP contribution in [0.25, 0.3) is 0 Å². The molecular weight excluding hydrogens is 987 g/mol.